The summed E-state index contributed by atoms with van der Waals surface area (Å²) in [4.78, 5) is 34.2. The number of rotatable bonds is 5. The molecule has 1 fully saturated rings. The van der Waals surface area contributed by atoms with Crippen LogP contribution < -0.4 is 0 Å². The van der Waals surface area contributed by atoms with E-state index >= 15 is 0 Å². The Bertz CT molecular complexity index is 1550. The van der Waals surface area contributed by atoms with Gasteiger partial charge < -0.3 is 9.64 Å². The molecule has 2 atom stereocenters. The number of thiophene rings is 1. The molecule has 0 saturated carbocycles. The quantitative estimate of drug-likeness (QED) is 0.392. The number of aromatic nitrogens is 1. The van der Waals surface area contributed by atoms with Crippen molar-refractivity contribution in [3.63, 3.8) is 0 Å². The van der Waals surface area contributed by atoms with Gasteiger partial charge in [0.1, 0.15) is 0 Å². The topological polar surface area (TPSA) is 93.6 Å². The molecule has 2 aliphatic rings. The molecule has 5 rings (SSSR count). The van der Waals surface area contributed by atoms with Crippen molar-refractivity contribution in [2.24, 2.45) is 11.3 Å². The SMILES string of the molecule is CN(C(=O)COC(=O)c1c2c(nc3ccccc13)C(=Cc1cccs1)CC(C(C)(C)C)C2)C1CCS(=O)(=O)C1. The van der Waals surface area contributed by atoms with Crippen LogP contribution in [0.4, 0.5) is 0 Å². The second-order valence-electron chi connectivity index (χ2n) is 11.6. The fourth-order valence-corrected chi connectivity index (χ4v) is 7.96. The molecule has 0 N–H and O–H groups in total. The third kappa shape index (κ3) is 5.79. The van der Waals surface area contributed by atoms with Gasteiger partial charge in [-0.15, -0.1) is 11.3 Å². The number of likely N-dealkylation sites (N-methyl/N-ethyl adjacent to an activating group) is 1. The van der Waals surface area contributed by atoms with Gasteiger partial charge in [0.05, 0.1) is 28.3 Å². The number of carbonyl (C=O) groups excluding carboxylic acids is 2. The fourth-order valence-electron chi connectivity index (χ4n) is 5.50. The van der Waals surface area contributed by atoms with Gasteiger partial charge in [-0.05, 0) is 65.3 Å². The second-order valence-corrected chi connectivity index (χ2v) is 14.8. The van der Waals surface area contributed by atoms with Crippen LogP contribution in [0.2, 0.25) is 0 Å². The van der Waals surface area contributed by atoms with Crippen LogP contribution in [0.3, 0.4) is 0 Å². The summed E-state index contributed by atoms with van der Waals surface area (Å²) < 4.78 is 29.4. The van der Waals surface area contributed by atoms with Crippen molar-refractivity contribution >= 4 is 55.6 Å². The van der Waals surface area contributed by atoms with Gasteiger partial charge in [0.15, 0.2) is 16.4 Å². The molecule has 0 radical (unpaired) electrons. The summed E-state index contributed by atoms with van der Waals surface area (Å²) in [6.07, 6.45) is 4.10. The van der Waals surface area contributed by atoms with Crippen LogP contribution in [0.1, 0.15) is 60.1 Å². The van der Waals surface area contributed by atoms with Gasteiger partial charge in [0.25, 0.3) is 5.91 Å². The van der Waals surface area contributed by atoms with Crippen LogP contribution in [0, 0.1) is 11.3 Å². The maximum absolute atomic E-state index is 13.7. The van der Waals surface area contributed by atoms with E-state index < -0.39 is 34.4 Å². The number of sulfone groups is 1. The van der Waals surface area contributed by atoms with Crippen LogP contribution in [-0.2, 0) is 25.8 Å². The Kier molecular flexibility index (Phi) is 7.41. The summed E-state index contributed by atoms with van der Waals surface area (Å²) in [5, 5.41) is 2.75. The minimum absolute atomic E-state index is 0.000649. The van der Waals surface area contributed by atoms with Crippen molar-refractivity contribution in [2.45, 2.75) is 46.1 Å². The van der Waals surface area contributed by atoms with Crippen molar-refractivity contribution in [3.05, 3.63) is 63.5 Å². The van der Waals surface area contributed by atoms with Crippen LogP contribution >= 0.6 is 11.3 Å². The molecule has 1 aromatic carbocycles. The van der Waals surface area contributed by atoms with Gasteiger partial charge >= 0.3 is 5.97 Å². The van der Waals surface area contributed by atoms with Gasteiger partial charge in [-0.25, -0.2) is 18.2 Å². The molecule has 1 amide bonds. The van der Waals surface area contributed by atoms with Crippen molar-refractivity contribution in [1.82, 2.24) is 9.88 Å². The highest BCUT2D eigenvalue weighted by Gasteiger charge is 2.36. The Morgan fingerprint density at radius 1 is 1.15 bits per heavy atom. The number of para-hydroxylation sites is 1. The molecule has 206 valence electrons. The minimum Gasteiger partial charge on any atom is -0.452 e. The zero-order chi connectivity index (χ0) is 27.9. The van der Waals surface area contributed by atoms with Crippen LogP contribution in [0.5, 0.6) is 0 Å². The molecule has 2 aromatic heterocycles. The lowest BCUT2D eigenvalue weighted by atomic mass is 9.69. The fraction of sp³-hybridized carbons (Fsp3) is 0.433. The molecule has 9 heteroatoms. The first-order valence-corrected chi connectivity index (χ1v) is 15.9. The highest BCUT2D eigenvalue weighted by Crippen LogP contribution is 2.45. The molecule has 3 heterocycles. The number of ether oxygens (including phenoxy) is 1. The molecular weight excluding hydrogens is 532 g/mol. The maximum Gasteiger partial charge on any atom is 0.339 e. The molecule has 1 aliphatic carbocycles. The van der Waals surface area contributed by atoms with Crippen molar-refractivity contribution < 1.29 is 22.7 Å². The molecule has 0 bridgehead atoms. The molecule has 1 aliphatic heterocycles. The minimum atomic E-state index is -3.14. The zero-order valence-electron chi connectivity index (χ0n) is 22.8. The van der Waals surface area contributed by atoms with Crippen molar-refractivity contribution in [3.8, 4) is 0 Å². The first-order valence-electron chi connectivity index (χ1n) is 13.2. The normalized spacial score (nSPS) is 21.6. The largest absolute Gasteiger partial charge is 0.452 e. The highest BCUT2D eigenvalue weighted by atomic mass is 32.2. The number of pyridine rings is 1. The summed E-state index contributed by atoms with van der Waals surface area (Å²) in [5.74, 6) is -0.679. The molecule has 0 spiro atoms. The van der Waals surface area contributed by atoms with Crippen LogP contribution in [0.15, 0.2) is 41.8 Å². The third-order valence-corrected chi connectivity index (χ3v) is 10.5. The Morgan fingerprint density at radius 3 is 2.59 bits per heavy atom. The Hall–Kier alpha value is -3.04. The van der Waals surface area contributed by atoms with Gasteiger partial charge in [-0.3, -0.25) is 4.79 Å². The smallest absolute Gasteiger partial charge is 0.339 e. The first-order chi connectivity index (χ1) is 18.4. The van der Waals surface area contributed by atoms with Crippen molar-refractivity contribution in [1.29, 1.82) is 0 Å². The van der Waals surface area contributed by atoms with Gasteiger partial charge in [-0.1, -0.05) is 45.0 Å². The maximum atomic E-state index is 13.7. The first kappa shape index (κ1) is 27.5. The second kappa shape index (κ2) is 10.5. The number of carbonyl (C=O) groups is 2. The summed E-state index contributed by atoms with van der Waals surface area (Å²) in [7, 11) is -1.57. The van der Waals surface area contributed by atoms with Gasteiger partial charge in [-0.2, -0.15) is 0 Å². The van der Waals surface area contributed by atoms with Crippen LogP contribution in [-0.4, -0.2) is 61.4 Å². The molecule has 1 saturated heterocycles. The van der Waals surface area contributed by atoms with E-state index in [0.717, 1.165) is 28.1 Å². The molecule has 39 heavy (non-hydrogen) atoms. The number of esters is 1. The summed E-state index contributed by atoms with van der Waals surface area (Å²) in [5.41, 5.74) is 3.93. The standard InChI is InChI=1S/C30H34N2O5S2/c1-30(2,3)20-14-19(15-22-8-7-12-38-22)28-24(16-20)27(23-9-5-6-10-25(23)31-28)29(34)37-17-26(33)32(4)21-11-13-39(35,36)18-21/h5-10,12,15,20-21H,11,13-14,16-18H2,1-4H3. The Morgan fingerprint density at radius 2 is 1.92 bits per heavy atom. The lowest BCUT2D eigenvalue weighted by Crippen LogP contribution is -2.40. The lowest BCUT2D eigenvalue weighted by molar-refractivity contribution is -0.134. The van der Waals surface area contributed by atoms with E-state index in [0.29, 0.717) is 29.3 Å². The predicted molar refractivity (Wildman–Crippen MR) is 155 cm³/mol. The summed E-state index contributed by atoms with van der Waals surface area (Å²) in [6, 6.07) is 11.2. The van der Waals surface area contributed by atoms with E-state index in [1.807, 2.05) is 35.7 Å². The van der Waals surface area contributed by atoms with Crippen molar-refractivity contribution in [2.75, 3.05) is 25.2 Å². The zero-order valence-corrected chi connectivity index (χ0v) is 24.4. The van der Waals surface area contributed by atoms with Gasteiger partial charge in [0.2, 0.25) is 0 Å². The van der Waals surface area contributed by atoms with Crippen LogP contribution in [0.25, 0.3) is 22.6 Å². The highest BCUT2D eigenvalue weighted by molar-refractivity contribution is 7.91. The number of nitrogens with zero attached hydrogens (tertiary/aromatic N) is 2. The van der Waals surface area contributed by atoms with Gasteiger partial charge in [0, 0.05) is 23.4 Å². The number of allylic oxidation sites excluding steroid dienone is 1. The summed E-state index contributed by atoms with van der Waals surface area (Å²) in [6.45, 7) is 6.21. The Labute approximate surface area is 233 Å². The summed E-state index contributed by atoms with van der Waals surface area (Å²) >= 11 is 1.66. The van der Waals surface area contributed by atoms with E-state index in [9.17, 15) is 18.0 Å². The predicted octanol–water partition coefficient (Wildman–Crippen LogP) is 5.25. The number of benzene rings is 1. The monoisotopic (exact) mass is 566 g/mol. The Balaban J connectivity index is 1.51. The lowest BCUT2D eigenvalue weighted by Gasteiger charge is -2.36. The number of hydrogen-bond donors (Lipinski definition) is 0. The molecule has 2 unspecified atom stereocenters. The van der Waals surface area contributed by atoms with E-state index in [-0.39, 0.29) is 22.8 Å². The average molecular weight is 567 g/mol. The number of hydrogen-bond acceptors (Lipinski definition) is 7. The van der Waals surface area contributed by atoms with E-state index in [2.05, 4.69) is 32.9 Å². The molecule has 7 nitrogen and oxygen atoms in total. The third-order valence-electron chi connectivity index (χ3n) is 7.98. The molecular formula is C30H34N2O5S2. The van der Waals surface area contributed by atoms with E-state index in [1.54, 1.807) is 18.4 Å². The molecule has 3 aromatic rings. The number of fused-ring (bicyclic) bond motifs is 2. The average Bonchev–Trinajstić information content (AvgIpc) is 3.53. The van der Waals surface area contributed by atoms with E-state index in [1.165, 1.54) is 4.90 Å². The number of amides is 1. The van der Waals surface area contributed by atoms with E-state index in [4.69, 9.17) is 9.72 Å².